The van der Waals surface area contributed by atoms with Gasteiger partial charge in [0.15, 0.2) is 0 Å². The molecule has 0 atom stereocenters. The first kappa shape index (κ1) is 14.1. The number of ether oxygens (including phenoxy) is 2. The van der Waals surface area contributed by atoms with Crippen LogP contribution < -0.4 is 5.32 Å². The summed E-state index contributed by atoms with van der Waals surface area (Å²) < 4.78 is 16.7. The van der Waals surface area contributed by atoms with Crippen LogP contribution in [0.3, 0.4) is 0 Å². The van der Waals surface area contributed by atoms with Crippen molar-refractivity contribution in [2.45, 2.75) is 13.1 Å². The predicted octanol–water partition coefficient (Wildman–Crippen LogP) is 1.52. The number of carbonyl (C=O) groups is 1. The van der Waals surface area contributed by atoms with Gasteiger partial charge in [0.2, 0.25) is 5.76 Å². The first-order valence-electron chi connectivity index (χ1n) is 6.15. The molecule has 0 radical (unpaired) electrons. The second-order valence-corrected chi connectivity index (χ2v) is 4.10. The molecule has 0 aliphatic heterocycles. The van der Waals surface area contributed by atoms with E-state index in [1.807, 2.05) is 6.20 Å². The number of hydrogen-bond acceptors (Lipinski definition) is 6. The van der Waals surface area contributed by atoms with Gasteiger partial charge in [0.05, 0.1) is 38.7 Å². The molecule has 0 bridgehead atoms. The topological polar surface area (TPSA) is 78.5 Å². The number of nitrogens with zero attached hydrogens (tertiary/aromatic N) is 2. The number of aromatic nitrogens is 2. The number of furan rings is 1. The molecule has 0 aliphatic rings. The first-order valence-corrected chi connectivity index (χ1v) is 6.15. The second-order valence-electron chi connectivity index (χ2n) is 4.10. The quantitative estimate of drug-likeness (QED) is 0.774. The summed E-state index contributed by atoms with van der Waals surface area (Å²) in [7, 11) is 2.97. The summed E-state index contributed by atoms with van der Waals surface area (Å²) in [6.45, 7) is 1.78. The van der Waals surface area contributed by atoms with E-state index in [4.69, 9.17) is 9.15 Å². The number of hydrogen-bond donors (Lipinski definition) is 1. The number of esters is 1. The van der Waals surface area contributed by atoms with Gasteiger partial charge in [-0.3, -0.25) is 4.68 Å². The van der Waals surface area contributed by atoms with E-state index in [1.165, 1.54) is 7.11 Å². The molecule has 0 fully saturated rings. The van der Waals surface area contributed by atoms with Crippen LogP contribution in [0.1, 0.15) is 16.3 Å². The maximum Gasteiger partial charge on any atom is 0.373 e. The van der Waals surface area contributed by atoms with Crippen LogP contribution in [0.4, 0.5) is 5.69 Å². The van der Waals surface area contributed by atoms with Crippen LogP contribution in [0.5, 0.6) is 0 Å². The van der Waals surface area contributed by atoms with Gasteiger partial charge in [-0.05, 0) is 12.1 Å². The third kappa shape index (κ3) is 3.61. The fourth-order valence-corrected chi connectivity index (χ4v) is 1.63. The fraction of sp³-hybridized carbons (Fsp3) is 0.385. The van der Waals surface area contributed by atoms with Gasteiger partial charge in [-0.25, -0.2) is 4.79 Å². The summed E-state index contributed by atoms with van der Waals surface area (Å²) in [5.41, 5.74) is 0.872. The van der Waals surface area contributed by atoms with Crippen molar-refractivity contribution in [3.63, 3.8) is 0 Å². The Morgan fingerprint density at radius 2 is 2.30 bits per heavy atom. The van der Waals surface area contributed by atoms with E-state index >= 15 is 0 Å². The van der Waals surface area contributed by atoms with E-state index in [1.54, 1.807) is 30.1 Å². The Bertz CT molecular complexity index is 561. The molecule has 0 unspecified atom stereocenters. The molecule has 0 aliphatic carbocycles. The van der Waals surface area contributed by atoms with Crippen LogP contribution >= 0.6 is 0 Å². The van der Waals surface area contributed by atoms with E-state index in [-0.39, 0.29) is 5.76 Å². The lowest BCUT2D eigenvalue weighted by atomic mass is 10.4. The van der Waals surface area contributed by atoms with Crippen LogP contribution in [0, 0.1) is 0 Å². The molecule has 20 heavy (non-hydrogen) atoms. The Kier molecular flexibility index (Phi) is 4.78. The van der Waals surface area contributed by atoms with Crippen molar-refractivity contribution in [2.24, 2.45) is 0 Å². The molecule has 7 nitrogen and oxygen atoms in total. The average molecular weight is 279 g/mol. The summed E-state index contributed by atoms with van der Waals surface area (Å²) in [5.74, 6) is 0.360. The molecular formula is C13H17N3O4. The van der Waals surface area contributed by atoms with Gasteiger partial charge in [-0.1, -0.05) is 0 Å². The summed E-state index contributed by atoms with van der Waals surface area (Å²) in [5, 5.41) is 7.34. The van der Waals surface area contributed by atoms with Crippen LogP contribution in [0.25, 0.3) is 0 Å². The van der Waals surface area contributed by atoms with Crippen molar-refractivity contribution in [1.29, 1.82) is 0 Å². The van der Waals surface area contributed by atoms with Gasteiger partial charge in [-0.15, -0.1) is 0 Å². The maximum absolute atomic E-state index is 11.2. The summed E-state index contributed by atoms with van der Waals surface area (Å²) in [4.78, 5) is 11.2. The zero-order valence-electron chi connectivity index (χ0n) is 11.5. The number of nitrogens with one attached hydrogen (secondary N) is 1. The standard InChI is InChI=1S/C13H17N3O4/c1-18-6-5-16-9-10(7-15-16)14-8-11-3-4-12(20-11)13(17)19-2/h3-4,7,9,14H,5-6,8H2,1-2H3. The highest BCUT2D eigenvalue weighted by Gasteiger charge is 2.10. The molecule has 2 heterocycles. The zero-order chi connectivity index (χ0) is 14.4. The Morgan fingerprint density at radius 3 is 3.05 bits per heavy atom. The van der Waals surface area contributed by atoms with Crippen LogP contribution in [0.15, 0.2) is 28.9 Å². The maximum atomic E-state index is 11.2. The fourth-order valence-electron chi connectivity index (χ4n) is 1.63. The zero-order valence-corrected chi connectivity index (χ0v) is 11.5. The van der Waals surface area contributed by atoms with E-state index in [2.05, 4.69) is 15.2 Å². The Balaban J connectivity index is 1.87. The SMILES string of the molecule is COCCn1cc(NCc2ccc(C(=O)OC)o2)cn1. The molecule has 2 aromatic rings. The largest absolute Gasteiger partial charge is 0.463 e. The van der Waals surface area contributed by atoms with Crippen LogP contribution in [-0.2, 0) is 22.6 Å². The molecule has 0 saturated heterocycles. The summed E-state index contributed by atoms with van der Waals surface area (Å²) in [6.07, 6.45) is 3.60. The number of rotatable bonds is 7. The number of carbonyl (C=O) groups excluding carboxylic acids is 1. The number of anilines is 1. The molecule has 2 rings (SSSR count). The van der Waals surface area contributed by atoms with Crippen molar-refractivity contribution >= 4 is 11.7 Å². The van der Waals surface area contributed by atoms with Crippen molar-refractivity contribution in [3.8, 4) is 0 Å². The Hall–Kier alpha value is -2.28. The van der Waals surface area contributed by atoms with Crippen molar-refractivity contribution in [3.05, 3.63) is 36.0 Å². The molecule has 0 amide bonds. The Morgan fingerprint density at radius 1 is 1.45 bits per heavy atom. The molecule has 1 N–H and O–H groups in total. The van der Waals surface area contributed by atoms with Crippen LogP contribution in [-0.4, -0.2) is 36.6 Å². The third-order valence-corrected chi connectivity index (χ3v) is 2.67. The average Bonchev–Trinajstić information content (AvgIpc) is 3.11. The molecule has 7 heteroatoms. The van der Waals surface area contributed by atoms with E-state index in [0.717, 1.165) is 5.69 Å². The lowest BCUT2D eigenvalue weighted by Crippen LogP contribution is -2.04. The lowest BCUT2D eigenvalue weighted by molar-refractivity contribution is 0.0563. The van der Waals surface area contributed by atoms with Crippen molar-refractivity contribution < 1.29 is 18.7 Å². The minimum atomic E-state index is -0.483. The predicted molar refractivity (Wildman–Crippen MR) is 71.5 cm³/mol. The highest BCUT2D eigenvalue weighted by atomic mass is 16.5. The van der Waals surface area contributed by atoms with Gasteiger partial charge in [0.25, 0.3) is 0 Å². The van der Waals surface area contributed by atoms with Crippen molar-refractivity contribution in [2.75, 3.05) is 26.1 Å². The molecule has 0 spiro atoms. The summed E-state index contributed by atoms with van der Waals surface area (Å²) >= 11 is 0. The lowest BCUT2D eigenvalue weighted by Gasteiger charge is -2.01. The highest BCUT2D eigenvalue weighted by molar-refractivity contribution is 5.86. The monoisotopic (exact) mass is 279 g/mol. The van der Waals surface area contributed by atoms with Gasteiger partial charge in [-0.2, -0.15) is 5.10 Å². The summed E-state index contributed by atoms with van der Waals surface area (Å²) in [6, 6.07) is 3.32. The molecular weight excluding hydrogens is 262 g/mol. The smallest absolute Gasteiger partial charge is 0.373 e. The minimum absolute atomic E-state index is 0.195. The van der Waals surface area contributed by atoms with E-state index in [9.17, 15) is 4.79 Å². The number of methoxy groups -OCH3 is 2. The van der Waals surface area contributed by atoms with Gasteiger partial charge in [0.1, 0.15) is 5.76 Å². The second kappa shape index (κ2) is 6.76. The van der Waals surface area contributed by atoms with Gasteiger partial charge in [0, 0.05) is 13.3 Å². The van der Waals surface area contributed by atoms with E-state index in [0.29, 0.717) is 25.5 Å². The van der Waals surface area contributed by atoms with Gasteiger partial charge >= 0.3 is 5.97 Å². The normalized spacial score (nSPS) is 10.5. The van der Waals surface area contributed by atoms with E-state index < -0.39 is 5.97 Å². The third-order valence-electron chi connectivity index (χ3n) is 2.67. The van der Waals surface area contributed by atoms with Crippen LogP contribution in [0.2, 0.25) is 0 Å². The highest BCUT2D eigenvalue weighted by Crippen LogP contribution is 2.12. The minimum Gasteiger partial charge on any atom is -0.463 e. The molecule has 108 valence electrons. The Labute approximate surface area is 116 Å². The molecule has 2 aromatic heterocycles. The van der Waals surface area contributed by atoms with Crippen molar-refractivity contribution in [1.82, 2.24) is 9.78 Å². The van der Waals surface area contributed by atoms with Gasteiger partial charge < -0.3 is 19.2 Å². The molecule has 0 aromatic carbocycles. The molecule has 0 saturated carbocycles. The first-order chi connectivity index (χ1) is 9.72.